The van der Waals surface area contributed by atoms with E-state index in [-0.39, 0.29) is 23.7 Å². The van der Waals surface area contributed by atoms with Crippen molar-refractivity contribution in [1.82, 2.24) is 19.8 Å². The lowest BCUT2D eigenvalue weighted by atomic mass is 10.0. The summed E-state index contributed by atoms with van der Waals surface area (Å²) in [6.07, 6.45) is 1.38. The molecule has 1 atom stereocenters. The zero-order valence-electron chi connectivity index (χ0n) is 21.7. The summed E-state index contributed by atoms with van der Waals surface area (Å²) < 4.78 is 11.5. The fourth-order valence-corrected chi connectivity index (χ4v) is 6.08. The van der Waals surface area contributed by atoms with Crippen LogP contribution in [0.15, 0.2) is 35.5 Å². The number of piperidine rings is 1. The Kier molecular flexibility index (Phi) is 8.27. The van der Waals surface area contributed by atoms with Gasteiger partial charge in [0, 0.05) is 63.4 Å². The maximum absolute atomic E-state index is 12.9. The molecule has 1 N–H and O–H groups in total. The number of urea groups is 1. The number of thioether (sulfide) groups is 1. The van der Waals surface area contributed by atoms with Crippen LogP contribution < -0.4 is 10.2 Å². The SMILES string of the molecule is Cc1cccc(NC(=O)N2CCN(c3cc(Cl)nc(SCC(=O)N4CCC5(CC4)OCCO5)n3)CC2C)c1. The van der Waals surface area contributed by atoms with Gasteiger partial charge in [-0.05, 0) is 31.5 Å². The summed E-state index contributed by atoms with van der Waals surface area (Å²) in [4.78, 5) is 40.5. The molecule has 3 aliphatic rings. The number of carbonyl (C=O) groups is 2. The van der Waals surface area contributed by atoms with Crippen molar-refractivity contribution in [3.63, 3.8) is 0 Å². The number of likely N-dealkylation sites (tertiary alicyclic amines) is 1. The number of carbonyl (C=O) groups excluding carboxylic acids is 2. The van der Waals surface area contributed by atoms with E-state index in [2.05, 4.69) is 20.2 Å². The van der Waals surface area contributed by atoms with Gasteiger partial charge in [-0.15, -0.1) is 0 Å². The molecule has 1 aromatic heterocycles. The molecular weight excluding hydrogens is 528 g/mol. The predicted molar refractivity (Wildman–Crippen MR) is 147 cm³/mol. The van der Waals surface area contributed by atoms with Crippen molar-refractivity contribution >= 4 is 46.8 Å². The second-order valence-corrected chi connectivity index (χ2v) is 11.2. The molecule has 1 unspecified atom stereocenters. The van der Waals surface area contributed by atoms with E-state index in [1.807, 2.05) is 47.9 Å². The Morgan fingerprint density at radius 3 is 2.61 bits per heavy atom. The Labute approximate surface area is 232 Å². The first kappa shape index (κ1) is 27.0. The number of halogens is 1. The number of hydrogen-bond donors (Lipinski definition) is 1. The number of hydrogen-bond acceptors (Lipinski definition) is 8. The molecule has 3 saturated heterocycles. The van der Waals surface area contributed by atoms with Gasteiger partial charge in [0.05, 0.1) is 19.0 Å². The average Bonchev–Trinajstić information content (AvgIpc) is 3.35. The minimum absolute atomic E-state index is 0.0322. The van der Waals surface area contributed by atoms with Crippen LogP contribution in [0, 0.1) is 6.92 Å². The van der Waals surface area contributed by atoms with Crippen molar-refractivity contribution in [1.29, 1.82) is 0 Å². The van der Waals surface area contributed by atoms with Crippen molar-refractivity contribution in [2.75, 3.05) is 61.9 Å². The van der Waals surface area contributed by atoms with E-state index in [1.165, 1.54) is 11.8 Å². The summed E-state index contributed by atoms with van der Waals surface area (Å²) in [7, 11) is 0. The highest BCUT2D eigenvalue weighted by atomic mass is 35.5. The minimum atomic E-state index is -0.503. The number of ether oxygens (including phenoxy) is 2. The number of aromatic nitrogens is 2. The molecule has 3 aliphatic heterocycles. The molecule has 3 fully saturated rings. The van der Waals surface area contributed by atoms with Crippen LogP contribution in [0.4, 0.5) is 16.3 Å². The first-order chi connectivity index (χ1) is 18.3. The largest absolute Gasteiger partial charge is 0.353 e. The molecule has 1 aromatic carbocycles. The number of anilines is 2. The highest BCUT2D eigenvalue weighted by Crippen LogP contribution is 2.32. The Balaban J connectivity index is 1.14. The van der Waals surface area contributed by atoms with E-state index < -0.39 is 5.79 Å². The van der Waals surface area contributed by atoms with E-state index >= 15 is 0 Å². The van der Waals surface area contributed by atoms with Gasteiger partial charge in [-0.1, -0.05) is 35.5 Å². The summed E-state index contributed by atoms with van der Waals surface area (Å²) in [5.41, 5.74) is 1.88. The maximum Gasteiger partial charge on any atom is 0.322 e. The Bertz CT molecular complexity index is 1170. The summed E-state index contributed by atoms with van der Waals surface area (Å²) in [5, 5.41) is 3.78. The number of rotatable bonds is 5. The molecule has 0 bridgehead atoms. The van der Waals surface area contributed by atoms with Gasteiger partial charge in [-0.3, -0.25) is 4.79 Å². The molecule has 2 aromatic rings. The topological polar surface area (TPSA) is 100 Å². The van der Waals surface area contributed by atoms with E-state index in [4.69, 9.17) is 21.1 Å². The predicted octanol–water partition coefficient (Wildman–Crippen LogP) is 3.64. The lowest BCUT2D eigenvalue weighted by Gasteiger charge is -2.40. The summed E-state index contributed by atoms with van der Waals surface area (Å²) in [6, 6.07) is 9.34. The first-order valence-corrected chi connectivity index (χ1v) is 14.3. The van der Waals surface area contributed by atoms with E-state index in [9.17, 15) is 9.59 Å². The fraction of sp³-hybridized carbons (Fsp3) is 0.538. The molecule has 12 heteroatoms. The first-order valence-electron chi connectivity index (χ1n) is 12.9. The molecule has 3 amide bonds. The number of piperazine rings is 1. The van der Waals surface area contributed by atoms with Crippen LogP contribution in [0.5, 0.6) is 0 Å². The third kappa shape index (κ3) is 6.33. The van der Waals surface area contributed by atoms with E-state index in [0.717, 1.165) is 11.3 Å². The molecule has 0 radical (unpaired) electrons. The van der Waals surface area contributed by atoms with Crippen LogP contribution in [0.3, 0.4) is 0 Å². The Morgan fingerprint density at radius 1 is 1.13 bits per heavy atom. The smallest absolute Gasteiger partial charge is 0.322 e. The van der Waals surface area contributed by atoms with E-state index in [0.29, 0.717) is 74.9 Å². The fourth-order valence-electron chi connectivity index (χ4n) is 5.10. The monoisotopic (exact) mass is 560 g/mol. The highest BCUT2D eigenvalue weighted by molar-refractivity contribution is 7.99. The summed E-state index contributed by atoms with van der Waals surface area (Å²) in [5.74, 6) is 0.464. The third-order valence-electron chi connectivity index (χ3n) is 7.16. The van der Waals surface area contributed by atoms with Gasteiger partial charge in [0.25, 0.3) is 0 Å². The summed E-state index contributed by atoms with van der Waals surface area (Å²) >= 11 is 7.62. The molecular formula is C26H33ClN6O4S. The Morgan fingerprint density at radius 2 is 1.89 bits per heavy atom. The maximum atomic E-state index is 12.9. The zero-order chi connectivity index (χ0) is 26.7. The second kappa shape index (κ2) is 11.6. The molecule has 1 spiro atoms. The molecule has 10 nitrogen and oxygen atoms in total. The van der Waals surface area contributed by atoms with Crippen LogP contribution in [0.1, 0.15) is 25.3 Å². The van der Waals surface area contributed by atoms with Crippen LogP contribution >= 0.6 is 23.4 Å². The second-order valence-electron chi connectivity index (χ2n) is 9.90. The molecule has 4 heterocycles. The quantitative estimate of drug-likeness (QED) is 0.336. The van der Waals surface area contributed by atoms with E-state index in [1.54, 1.807) is 6.07 Å². The lowest BCUT2D eigenvalue weighted by Crippen LogP contribution is -2.55. The Hall–Kier alpha value is -2.60. The number of nitrogens with zero attached hydrogens (tertiary/aromatic N) is 5. The average molecular weight is 561 g/mol. The van der Waals surface area contributed by atoms with Gasteiger partial charge < -0.3 is 29.5 Å². The van der Waals surface area contributed by atoms with Gasteiger partial charge in [-0.2, -0.15) is 0 Å². The molecule has 0 saturated carbocycles. The van der Waals surface area contributed by atoms with Gasteiger partial charge >= 0.3 is 6.03 Å². The van der Waals surface area contributed by atoms with Crippen LogP contribution in [-0.2, 0) is 14.3 Å². The molecule has 5 rings (SSSR count). The summed E-state index contributed by atoms with van der Waals surface area (Å²) in [6.45, 7) is 8.24. The normalized spacial score (nSPS) is 21.1. The molecule has 38 heavy (non-hydrogen) atoms. The van der Waals surface area contributed by atoms with Crippen molar-refractivity contribution in [2.24, 2.45) is 0 Å². The van der Waals surface area contributed by atoms with Crippen molar-refractivity contribution in [3.8, 4) is 0 Å². The van der Waals surface area contributed by atoms with Crippen LogP contribution in [0.2, 0.25) is 5.15 Å². The van der Waals surface area contributed by atoms with Crippen molar-refractivity contribution < 1.29 is 19.1 Å². The van der Waals surface area contributed by atoms with Crippen LogP contribution in [-0.4, -0.2) is 95.2 Å². The molecule has 204 valence electrons. The van der Waals surface area contributed by atoms with Gasteiger partial charge in [0.15, 0.2) is 10.9 Å². The van der Waals surface area contributed by atoms with Crippen molar-refractivity contribution in [3.05, 3.63) is 41.0 Å². The number of aryl methyl sites for hydroxylation is 1. The highest BCUT2D eigenvalue weighted by Gasteiger charge is 2.40. The number of benzene rings is 1. The number of amides is 3. The van der Waals surface area contributed by atoms with Crippen molar-refractivity contribution in [2.45, 2.75) is 43.7 Å². The van der Waals surface area contributed by atoms with Gasteiger partial charge in [-0.25, -0.2) is 14.8 Å². The van der Waals surface area contributed by atoms with Gasteiger partial charge in [0.2, 0.25) is 5.91 Å². The van der Waals surface area contributed by atoms with Crippen LogP contribution in [0.25, 0.3) is 0 Å². The lowest BCUT2D eigenvalue weighted by molar-refractivity contribution is -0.186. The minimum Gasteiger partial charge on any atom is -0.353 e. The standard InChI is InChI=1S/C26H33ClN6O4S/c1-18-4-3-5-20(14-18)28-25(35)33-11-10-32(16-19(33)2)22-15-21(27)29-24(30-22)38-17-23(34)31-8-6-26(7-9-31)36-12-13-37-26/h3-5,14-15,19H,6-13,16-17H2,1-2H3,(H,28,35). The number of nitrogens with one attached hydrogen (secondary N) is 1. The van der Waals surface area contributed by atoms with Gasteiger partial charge in [0.1, 0.15) is 11.0 Å². The zero-order valence-corrected chi connectivity index (χ0v) is 23.3. The molecule has 0 aliphatic carbocycles. The third-order valence-corrected chi connectivity index (χ3v) is 8.18.